The van der Waals surface area contributed by atoms with Gasteiger partial charge in [-0.15, -0.1) is 0 Å². The lowest BCUT2D eigenvalue weighted by Gasteiger charge is -2.09. The van der Waals surface area contributed by atoms with Gasteiger partial charge >= 0.3 is 11.9 Å². The van der Waals surface area contributed by atoms with Crippen molar-refractivity contribution < 1.29 is 53.3 Å². The van der Waals surface area contributed by atoms with E-state index < -0.39 is 11.9 Å². The van der Waals surface area contributed by atoms with Crippen LogP contribution in [0.5, 0.6) is 17.2 Å². The number of carboxylic acid groups (broad SMARTS) is 1. The van der Waals surface area contributed by atoms with E-state index in [0.717, 1.165) is 22.4 Å². The number of aromatic hydroxyl groups is 1. The number of phenolic OH excluding ortho intramolecular Hbond substituents is 1. The zero-order valence-corrected chi connectivity index (χ0v) is 24.1. The Labute approximate surface area is 239 Å². The van der Waals surface area contributed by atoms with Crippen LogP contribution in [0.3, 0.4) is 0 Å². The third-order valence-corrected chi connectivity index (χ3v) is 5.37. The predicted molar refractivity (Wildman–Crippen MR) is 150 cm³/mol. The number of rotatable bonds is 11. The first kappa shape index (κ1) is 34.9. The Morgan fingerprint density at radius 3 is 1.71 bits per heavy atom. The van der Waals surface area contributed by atoms with Crippen molar-refractivity contribution >= 4 is 11.9 Å². The van der Waals surface area contributed by atoms with E-state index in [4.69, 9.17) is 39.0 Å². The second-order valence-corrected chi connectivity index (χ2v) is 8.47. The highest BCUT2D eigenvalue weighted by Gasteiger charge is 2.12. The second-order valence-electron chi connectivity index (χ2n) is 8.47. The molecule has 11 heteroatoms. The van der Waals surface area contributed by atoms with Crippen LogP contribution in [0.1, 0.15) is 43.0 Å². The van der Waals surface area contributed by atoms with Gasteiger partial charge in [-0.2, -0.15) is 0 Å². The van der Waals surface area contributed by atoms with Crippen molar-refractivity contribution in [2.24, 2.45) is 0 Å². The minimum Gasteiger partial charge on any atom is -0.508 e. The fourth-order valence-corrected chi connectivity index (χ4v) is 3.10. The molecule has 224 valence electrons. The summed E-state index contributed by atoms with van der Waals surface area (Å²) >= 11 is 0. The molecule has 3 aromatic rings. The van der Waals surface area contributed by atoms with Crippen molar-refractivity contribution in [3.05, 3.63) is 88.0 Å². The number of carbonyl (C=O) groups excluding carboxylic acids is 1. The number of phenols is 1. The summed E-state index contributed by atoms with van der Waals surface area (Å²) < 4.78 is 29.6. The standard InChI is InChI=1S/C12H16O5.C10H14O3.C8H8O3/c1-9-4-5-10(16-7-14-2)6-11(9)12(13)17-8-15-3;1-8-3-4-10(13-7-12-2)5-9(8)6-11;1-5-2-3-6(9)4-7(5)8(10)11/h4-6H,7-8H2,1-3H3;3-5,11H,6-7H2,1-2H3;2-4,9H,1H3,(H,10,11). The second kappa shape index (κ2) is 19.0. The number of esters is 1. The molecule has 0 amide bonds. The van der Waals surface area contributed by atoms with Crippen LogP contribution < -0.4 is 9.47 Å². The zero-order chi connectivity index (χ0) is 30.8. The molecular weight excluding hydrogens is 536 g/mol. The molecule has 0 radical (unpaired) electrons. The summed E-state index contributed by atoms with van der Waals surface area (Å²) in [6.45, 7) is 5.79. The van der Waals surface area contributed by atoms with Gasteiger partial charge in [0.1, 0.15) is 17.2 Å². The Morgan fingerprint density at radius 1 is 0.683 bits per heavy atom. The Bertz CT molecular complexity index is 1240. The van der Waals surface area contributed by atoms with E-state index in [9.17, 15) is 9.59 Å². The molecule has 0 saturated carbocycles. The Morgan fingerprint density at radius 2 is 1.20 bits per heavy atom. The summed E-state index contributed by atoms with van der Waals surface area (Å²) in [7, 11) is 4.56. The number of carboxylic acids is 1. The average Bonchev–Trinajstić information content (AvgIpc) is 2.96. The lowest BCUT2D eigenvalue weighted by Crippen LogP contribution is -2.09. The molecule has 0 aliphatic rings. The number of aliphatic hydroxyl groups is 1. The molecule has 0 unspecified atom stereocenters. The van der Waals surface area contributed by atoms with Gasteiger partial charge in [-0.05, 0) is 79.4 Å². The van der Waals surface area contributed by atoms with Gasteiger partial charge < -0.3 is 43.7 Å². The van der Waals surface area contributed by atoms with Gasteiger partial charge in [0.15, 0.2) is 20.4 Å². The summed E-state index contributed by atoms with van der Waals surface area (Å²) in [5, 5.41) is 26.5. The van der Waals surface area contributed by atoms with E-state index >= 15 is 0 Å². The van der Waals surface area contributed by atoms with Gasteiger partial charge in [-0.3, -0.25) is 0 Å². The summed E-state index contributed by atoms with van der Waals surface area (Å²) in [5.41, 5.74) is 4.01. The van der Waals surface area contributed by atoms with Gasteiger partial charge in [-0.1, -0.05) is 18.2 Å². The van der Waals surface area contributed by atoms with Crippen molar-refractivity contribution in [1.29, 1.82) is 0 Å². The normalized spacial score (nSPS) is 9.93. The van der Waals surface area contributed by atoms with E-state index in [2.05, 4.69) is 4.74 Å². The molecule has 3 rings (SSSR count). The molecule has 0 bridgehead atoms. The zero-order valence-electron chi connectivity index (χ0n) is 24.1. The Hall–Kier alpha value is -4.16. The maximum absolute atomic E-state index is 11.7. The maximum atomic E-state index is 11.7. The van der Waals surface area contributed by atoms with E-state index in [1.807, 2.05) is 32.0 Å². The van der Waals surface area contributed by atoms with E-state index in [0.29, 0.717) is 16.9 Å². The fraction of sp³-hybridized carbons (Fsp3) is 0.333. The van der Waals surface area contributed by atoms with Crippen LogP contribution in [0.2, 0.25) is 0 Å². The maximum Gasteiger partial charge on any atom is 0.340 e. The van der Waals surface area contributed by atoms with Crippen molar-refractivity contribution in [2.45, 2.75) is 27.4 Å². The molecule has 0 heterocycles. The summed E-state index contributed by atoms with van der Waals surface area (Å²) in [5.74, 6) is -0.197. The summed E-state index contributed by atoms with van der Waals surface area (Å²) in [4.78, 5) is 22.1. The van der Waals surface area contributed by atoms with Crippen LogP contribution in [-0.2, 0) is 25.6 Å². The first-order chi connectivity index (χ1) is 19.6. The van der Waals surface area contributed by atoms with Crippen LogP contribution in [0, 0.1) is 20.8 Å². The third-order valence-electron chi connectivity index (χ3n) is 5.37. The number of aromatic carboxylic acids is 1. The molecule has 0 atom stereocenters. The summed E-state index contributed by atoms with van der Waals surface area (Å²) in [6, 6.07) is 15.0. The number of aryl methyl sites for hydroxylation is 3. The number of hydrogen-bond donors (Lipinski definition) is 3. The predicted octanol–water partition coefficient (Wildman–Crippen LogP) is 4.61. The fourth-order valence-electron chi connectivity index (χ4n) is 3.10. The Balaban J connectivity index is 0.000000316. The van der Waals surface area contributed by atoms with E-state index in [1.165, 1.54) is 26.4 Å². The number of aliphatic hydroxyl groups excluding tert-OH is 1. The molecule has 3 N–H and O–H groups in total. The van der Waals surface area contributed by atoms with Crippen molar-refractivity contribution in [3.8, 4) is 17.2 Å². The highest BCUT2D eigenvalue weighted by Crippen LogP contribution is 2.19. The molecule has 0 aromatic heterocycles. The first-order valence-corrected chi connectivity index (χ1v) is 12.3. The SMILES string of the molecule is COCOC(=O)c1cc(OCOC)ccc1C.COCOc1ccc(C)c(CO)c1.Cc1ccc(O)cc1C(=O)O. The van der Waals surface area contributed by atoms with Crippen LogP contribution >= 0.6 is 0 Å². The lowest BCUT2D eigenvalue weighted by atomic mass is 10.1. The van der Waals surface area contributed by atoms with Crippen molar-refractivity contribution in [2.75, 3.05) is 41.7 Å². The lowest BCUT2D eigenvalue weighted by molar-refractivity contribution is -0.0126. The summed E-state index contributed by atoms with van der Waals surface area (Å²) in [6.07, 6.45) is 0. The number of carbonyl (C=O) groups is 2. The van der Waals surface area contributed by atoms with Crippen LogP contribution in [-0.4, -0.2) is 69.0 Å². The van der Waals surface area contributed by atoms with Gasteiger partial charge in [0, 0.05) is 21.3 Å². The number of ether oxygens (including phenoxy) is 6. The molecule has 0 aliphatic carbocycles. The van der Waals surface area contributed by atoms with Crippen molar-refractivity contribution in [1.82, 2.24) is 0 Å². The van der Waals surface area contributed by atoms with Crippen LogP contribution in [0.4, 0.5) is 0 Å². The minimum absolute atomic E-state index is 0.0204. The topological polar surface area (TPSA) is 150 Å². The van der Waals surface area contributed by atoms with Gasteiger partial charge in [0.05, 0.1) is 17.7 Å². The molecule has 0 spiro atoms. The first-order valence-electron chi connectivity index (χ1n) is 12.3. The van der Waals surface area contributed by atoms with Crippen molar-refractivity contribution in [3.63, 3.8) is 0 Å². The monoisotopic (exact) mass is 574 g/mol. The number of methoxy groups -OCH3 is 3. The molecule has 0 aliphatic heterocycles. The highest BCUT2D eigenvalue weighted by atomic mass is 16.7. The smallest absolute Gasteiger partial charge is 0.340 e. The average molecular weight is 575 g/mol. The largest absolute Gasteiger partial charge is 0.508 e. The third kappa shape index (κ3) is 12.7. The molecule has 3 aromatic carbocycles. The highest BCUT2D eigenvalue weighted by molar-refractivity contribution is 5.91. The minimum atomic E-state index is -1.02. The van der Waals surface area contributed by atoms with Crippen LogP contribution in [0.15, 0.2) is 54.6 Å². The quantitative estimate of drug-likeness (QED) is 0.218. The number of benzene rings is 3. The molecular formula is C30H38O11. The van der Waals surface area contributed by atoms with Gasteiger partial charge in [0.2, 0.25) is 0 Å². The molecule has 0 saturated heterocycles. The molecule has 41 heavy (non-hydrogen) atoms. The van der Waals surface area contributed by atoms with Gasteiger partial charge in [0.25, 0.3) is 0 Å². The Kier molecular flexibility index (Phi) is 16.2. The number of hydrogen-bond acceptors (Lipinski definition) is 10. The van der Waals surface area contributed by atoms with E-state index in [-0.39, 0.29) is 38.3 Å². The van der Waals surface area contributed by atoms with Gasteiger partial charge in [-0.25, -0.2) is 9.59 Å². The van der Waals surface area contributed by atoms with E-state index in [1.54, 1.807) is 38.3 Å². The van der Waals surface area contributed by atoms with Crippen LogP contribution in [0.25, 0.3) is 0 Å². The molecule has 0 fully saturated rings. The molecule has 11 nitrogen and oxygen atoms in total.